The fourth-order valence-electron chi connectivity index (χ4n) is 3.02. The zero-order valence-corrected chi connectivity index (χ0v) is 13.3. The molecule has 0 bridgehead atoms. The van der Waals surface area contributed by atoms with Crippen molar-refractivity contribution in [2.45, 2.75) is 32.1 Å². The molecule has 1 heterocycles. The molecular formula is C17H24FN3O2. The maximum Gasteiger partial charge on any atom is 0.319 e. The Morgan fingerprint density at radius 3 is 2.65 bits per heavy atom. The molecule has 3 rings (SSSR count). The van der Waals surface area contributed by atoms with Gasteiger partial charge in [0.05, 0.1) is 18.0 Å². The molecule has 1 aliphatic heterocycles. The van der Waals surface area contributed by atoms with Gasteiger partial charge in [-0.3, -0.25) is 0 Å². The lowest BCUT2D eigenvalue weighted by Crippen LogP contribution is -2.36. The summed E-state index contributed by atoms with van der Waals surface area (Å²) in [6.07, 6.45) is 5.31. The topological polar surface area (TPSA) is 64.6 Å². The van der Waals surface area contributed by atoms with Crippen LogP contribution in [0.15, 0.2) is 18.2 Å². The SMILES string of the molecule is O=C(NCC1(CO)CC1)Nc1cc(F)ccc1N1CCCCC1. The third kappa shape index (κ3) is 3.93. The fraction of sp³-hybridized carbons (Fsp3) is 0.588. The number of aliphatic hydroxyl groups is 1. The molecule has 3 N–H and O–H groups in total. The van der Waals surface area contributed by atoms with Crippen molar-refractivity contribution in [1.29, 1.82) is 0 Å². The number of rotatable bonds is 5. The predicted molar refractivity (Wildman–Crippen MR) is 88.2 cm³/mol. The van der Waals surface area contributed by atoms with Crippen LogP contribution in [0.2, 0.25) is 0 Å². The number of hydrogen-bond acceptors (Lipinski definition) is 3. The number of hydrogen-bond donors (Lipinski definition) is 3. The van der Waals surface area contributed by atoms with Crippen LogP contribution in [0.25, 0.3) is 0 Å². The zero-order valence-electron chi connectivity index (χ0n) is 13.3. The average molecular weight is 321 g/mol. The summed E-state index contributed by atoms with van der Waals surface area (Å²) in [5.41, 5.74) is 1.22. The van der Waals surface area contributed by atoms with Crippen LogP contribution in [-0.4, -0.2) is 37.4 Å². The van der Waals surface area contributed by atoms with Crippen LogP contribution < -0.4 is 15.5 Å². The van der Waals surface area contributed by atoms with Gasteiger partial charge in [0.15, 0.2) is 0 Å². The summed E-state index contributed by atoms with van der Waals surface area (Å²) in [5.74, 6) is -0.366. The van der Waals surface area contributed by atoms with Crippen LogP contribution in [0.1, 0.15) is 32.1 Å². The Morgan fingerprint density at radius 2 is 2.00 bits per heavy atom. The predicted octanol–water partition coefficient (Wildman–Crippen LogP) is 2.71. The second-order valence-corrected chi connectivity index (χ2v) is 6.67. The quantitative estimate of drug-likeness (QED) is 0.781. The smallest absolute Gasteiger partial charge is 0.319 e. The molecule has 126 valence electrons. The van der Waals surface area contributed by atoms with Crippen molar-refractivity contribution >= 4 is 17.4 Å². The van der Waals surface area contributed by atoms with Crippen molar-refractivity contribution in [3.63, 3.8) is 0 Å². The van der Waals surface area contributed by atoms with Gasteiger partial charge < -0.3 is 20.6 Å². The molecule has 1 aliphatic carbocycles. The van der Waals surface area contributed by atoms with Crippen molar-refractivity contribution in [3.8, 4) is 0 Å². The van der Waals surface area contributed by atoms with Crippen molar-refractivity contribution in [2.24, 2.45) is 5.41 Å². The number of anilines is 2. The molecule has 1 aromatic rings. The first-order chi connectivity index (χ1) is 11.1. The highest BCUT2D eigenvalue weighted by molar-refractivity contribution is 5.93. The molecule has 1 saturated heterocycles. The molecule has 1 saturated carbocycles. The van der Waals surface area contributed by atoms with Crippen LogP contribution in [0.3, 0.4) is 0 Å². The number of amides is 2. The van der Waals surface area contributed by atoms with Crippen LogP contribution in [0.4, 0.5) is 20.6 Å². The Hall–Kier alpha value is -1.82. The maximum atomic E-state index is 13.6. The average Bonchev–Trinajstić information content (AvgIpc) is 3.35. The summed E-state index contributed by atoms with van der Waals surface area (Å²) in [6, 6.07) is 4.17. The summed E-state index contributed by atoms with van der Waals surface area (Å²) >= 11 is 0. The number of carbonyl (C=O) groups excluding carboxylic acids is 1. The van der Waals surface area contributed by atoms with Crippen molar-refractivity contribution in [2.75, 3.05) is 36.5 Å². The third-order valence-electron chi connectivity index (χ3n) is 4.82. The van der Waals surface area contributed by atoms with E-state index in [-0.39, 0.29) is 23.9 Å². The maximum absolute atomic E-state index is 13.6. The number of carbonyl (C=O) groups is 1. The highest BCUT2D eigenvalue weighted by Gasteiger charge is 2.42. The van der Waals surface area contributed by atoms with E-state index in [0.29, 0.717) is 12.2 Å². The summed E-state index contributed by atoms with van der Waals surface area (Å²) in [6.45, 7) is 2.39. The van der Waals surface area contributed by atoms with Gasteiger partial charge in [-0.25, -0.2) is 9.18 Å². The van der Waals surface area contributed by atoms with Crippen molar-refractivity contribution in [3.05, 3.63) is 24.0 Å². The molecule has 0 unspecified atom stereocenters. The summed E-state index contributed by atoms with van der Waals surface area (Å²) in [5, 5.41) is 14.8. The first-order valence-corrected chi connectivity index (χ1v) is 8.32. The molecule has 2 aliphatic rings. The van der Waals surface area contributed by atoms with Gasteiger partial charge in [0.2, 0.25) is 0 Å². The van der Waals surface area contributed by atoms with Gasteiger partial charge in [0.25, 0.3) is 0 Å². The van der Waals surface area contributed by atoms with Crippen LogP contribution >= 0.6 is 0 Å². The minimum absolute atomic E-state index is 0.0896. The first kappa shape index (κ1) is 16.1. The van der Waals surface area contributed by atoms with Gasteiger partial charge in [-0.05, 0) is 50.3 Å². The molecule has 0 atom stereocenters. The Balaban J connectivity index is 1.65. The summed E-state index contributed by atoms with van der Waals surface area (Å²) < 4.78 is 13.6. The minimum Gasteiger partial charge on any atom is -0.396 e. The van der Waals surface area contributed by atoms with Crippen LogP contribution in [0, 0.1) is 11.2 Å². The molecule has 5 nitrogen and oxygen atoms in total. The van der Waals surface area contributed by atoms with Crippen molar-refractivity contribution < 1.29 is 14.3 Å². The normalized spacial score (nSPS) is 19.3. The highest BCUT2D eigenvalue weighted by atomic mass is 19.1. The van der Waals surface area contributed by atoms with E-state index in [4.69, 9.17) is 0 Å². The van der Waals surface area contributed by atoms with Crippen LogP contribution in [0.5, 0.6) is 0 Å². The molecule has 6 heteroatoms. The number of aliphatic hydroxyl groups excluding tert-OH is 1. The van der Waals surface area contributed by atoms with Gasteiger partial charge >= 0.3 is 6.03 Å². The third-order valence-corrected chi connectivity index (χ3v) is 4.82. The number of halogens is 1. The molecular weight excluding hydrogens is 297 g/mol. The van der Waals surface area contributed by atoms with E-state index in [1.54, 1.807) is 6.07 Å². The van der Waals surface area contributed by atoms with Gasteiger partial charge in [-0.15, -0.1) is 0 Å². The Kier molecular flexibility index (Phi) is 4.71. The van der Waals surface area contributed by atoms with Crippen LogP contribution in [-0.2, 0) is 0 Å². The lowest BCUT2D eigenvalue weighted by Gasteiger charge is -2.30. The van der Waals surface area contributed by atoms with Crippen molar-refractivity contribution in [1.82, 2.24) is 5.32 Å². The second-order valence-electron chi connectivity index (χ2n) is 6.67. The molecule has 0 spiro atoms. The summed E-state index contributed by atoms with van der Waals surface area (Å²) in [7, 11) is 0. The molecule has 0 radical (unpaired) electrons. The lowest BCUT2D eigenvalue weighted by atomic mass is 10.1. The van der Waals surface area contributed by atoms with Gasteiger partial charge in [-0.2, -0.15) is 0 Å². The second kappa shape index (κ2) is 6.74. The Morgan fingerprint density at radius 1 is 1.26 bits per heavy atom. The Labute approximate surface area is 135 Å². The molecule has 23 heavy (non-hydrogen) atoms. The molecule has 2 fully saturated rings. The number of nitrogens with one attached hydrogen (secondary N) is 2. The molecule has 2 amide bonds. The Bertz CT molecular complexity index is 569. The van der Waals surface area contributed by atoms with E-state index in [1.165, 1.54) is 18.6 Å². The zero-order chi connectivity index (χ0) is 16.3. The molecule has 1 aromatic carbocycles. The van der Waals surface area contributed by atoms with E-state index in [1.807, 2.05) is 0 Å². The van der Waals surface area contributed by atoms with E-state index in [0.717, 1.165) is 44.5 Å². The first-order valence-electron chi connectivity index (χ1n) is 8.32. The molecule has 0 aromatic heterocycles. The fourth-order valence-corrected chi connectivity index (χ4v) is 3.02. The van der Waals surface area contributed by atoms with E-state index < -0.39 is 0 Å². The van der Waals surface area contributed by atoms with E-state index in [2.05, 4.69) is 15.5 Å². The highest BCUT2D eigenvalue weighted by Crippen LogP contribution is 2.44. The van der Waals surface area contributed by atoms with E-state index >= 15 is 0 Å². The van der Waals surface area contributed by atoms with Gasteiger partial charge in [0.1, 0.15) is 5.82 Å². The van der Waals surface area contributed by atoms with Gasteiger partial charge in [-0.1, -0.05) is 0 Å². The summed E-state index contributed by atoms with van der Waals surface area (Å²) in [4.78, 5) is 14.3. The number of nitrogens with zero attached hydrogens (tertiary/aromatic N) is 1. The standard InChI is InChI=1S/C17H24FN3O2/c18-13-4-5-15(21-8-2-1-3-9-21)14(10-13)20-16(23)19-11-17(12-22)6-7-17/h4-5,10,22H,1-3,6-9,11-12H2,(H2,19,20,23). The number of urea groups is 1. The minimum atomic E-state index is -0.366. The monoisotopic (exact) mass is 321 g/mol. The van der Waals surface area contributed by atoms with Gasteiger partial charge in [0, 0.05) is 25.0 Å². The largest absolute Gasteiger partial charge is 0.396 e. The lowest BCUT2D eigenvalue weighted by molar-refractivity contribution is 0.206. The number of piperidine rings is 1. The van der Waals surface area contributed by atoms with E-state index in [9.17, 15) is 14.3 Å². The number of benzene rings is 1.